The zero-order valence-electron chi connectivity index (χ0n) is 6.90. The third kappa shape index (κ3) is 2.24. The van der Waals surface area contributed by atoms with Crippen LogP contribution in [0.15, 0.2) is 30.3 Å². The molecule has 1 aliphatic rings. The van der Waals surface area contributed by atoms with Gasteiger partial charge in [-0.3, -0.25) is 0 Å². The van der Waals surface area contributed by atoms with Gasteiger partial charge >= 0.3 is 0 Å². The van der Waals surface area contributed by atoms with Crippen molar-refractivity contribution in [3.63, 3.8) is 0 Å². The normalized spacial score (nSPS) is 20.5. The molecule has 0 saturated carbocycles. The Morgan fingerprint density at radius 3 is 2.75 bits per heavy atom. The molecule has 1 heterocycles. The van der Waals surface area contributed by atoms with E-state index >= 15 is 0 Å². The molecule has 0 amide bonds. The van der Waals surface area contributed by atoms with E-state index in [2.05, 4.69) is 0 Å². The SMILES string of the molecule is c1ccc(OCC[C@H]2CO2)cc1. The minimum Gasteiger partial charge on any atom is -0.493 e. The van der Waals surface area contributed by atoms with Crippen molar-refractivity contribution in [2.24, 2.45) is 0 Å². The van der Waals surface area contributed by atoms with Gasteiger partial charge in [-0.15, -0.1) is 0 Å². The lowest BCUT2D eigenvalue weighted by atomic mass is 10.3. The van der Waals surface area contributed by atoms with Crippen molar-refractivity contribution in [2.75, 3.05) is 13.2 Å². The molecular weight excluding hydrogens is 152 g/mol. The molecule has 12 heavy (non-hydrogen) atoms. The van der Waals surface area contributed by atoms with Crippen LogP contribution < -0.4 is 4.74 Å². The third-order valence-electron chi connectivity index (χ3n) is 1.85. The van der Waals surface area contributed by atoms with Gasteiger partial charge in [0.05, 0.1) is 19.3 Å². The Morgan fingerprint density at radius 2 is 2.08 bits per heavy atom. The van der Waals surface area contributed by atoms with E-state index in [1.165, 1.54) is 0 Å². The van der Waals surface area contributed by atoms with Crippen LogP contribution in [0.3, 0.4) is 0 Å². The van der Waals surface area contributed by atoms with Crippen LogP contribution >= 0.6 is 0 Å². The second kappa shape index (κ2) is 3.59. The Labute approximate surface area is 72.1 Å². The molecule has 1 aromatic rings. The van der Waals surface area contributed by atoms with Crippen molar-refractivity contribution in [1.82, 2.24) is 0 Å². The lowest BCUT2D eigenvalue weighted by Crippen LogP contribution is -2.00. The highest BCUT2D eigenvalue weighted by Crippen LogP contribution is 2.14. The van der Waals surface area contributed by atoms with Gasteiger partial charge in [-0.2, -0.15) is 0 Å². The first kappa shape index (κ1) is 7.62. The smallest absolute Gasteiger partial charge is 0.119 e. The topological polar surface area (TPSA) is 21.8 Å². The molecule has 0 aromatic heterocycles. The second-order valence-electron chi connectivity index (χ2n) is 2.91. The number of hydrogen-bond donors (Lipinski definition) is 0. The molecule has 0 radical (unpaired) electrons. The number of para-hydroxylation sites is 1. The van der Waals surface area contributed by atoms with Crippen molar-refractivity contribution in [3.05, 3.63) is 30.3 Å². The largest absolute Gasteiger partial charge is 0.493 e. The number of epoxide rings is 1. The van der Waals surface area contributed by atoms with Gasteiger partial charge in [-0.1, -0.05) is 18.2 Å². The minimum absolute atomic E-state index is 0.466. The summed E-state index contributed by atoms with van der Waals surface area (Å²) in [5.41, 5.74) is 0. The first-order chi connectivity index (χ1) is 5.95. The summed E-state index contributed by atoms with van der Waals surface area (Å²) in [6.45, 7) is 1.67. The quantitative estimate of drug-likeness (QED) is 0.633. The van der Waals surface area contributed by atoms with Crippen LogP contribution in [0.1, 0.15) is 6.42 Å². The molecule has 0 spiro atoms. The fraction of sp³-hybridized carbons (Fsp3) is 0.400. The highest BCUT2D eigenvalue weighted by Gasteiger charge is 2.21. The second-order valence-corrected chi connectivity index (χ2v) is 2.91. The molecule has 1 atom stereocenters. The van der Waals surface area contributed by atoms with E-state index in [1.807, 2.05) is 30.3 Å². The number of benzene rings is 1. The summed E-state index contributed by atoms with van der Waals surface area (Å²) in [7, 11) is 0. The predicted molar refractivity (Wildman–Crippen MR) is 46.3 cm³/mol. The highest BCUT2D eigenvalue weighted by molar-refractivity contribution is 5.20. The van der Waals surface area contributed by atoms with Gasteiger partial charge in [0.1, 0.15) is 5.75 Å². The molecule has 2 nitrogen and oxygen atoms in total. The van der Waals surface area contributed by atoms with Gasteiger partial charge in [-0.25, -0.2) is 0 Å². The fourth-order valence-electron chi connectivity index (χ4n) is 1.06. The van der Waals surface area contributed by atoms with Gasteiger partial charge < -0.3 is 9.47 Å². The molecule has 2 heteroatoms. The first-order valence-electron chi connectivity index (χ1n) is 4.24. The van der Waals surface area contributed by atoms with Gasteiger partial charge in [0, 0.05) is 6.42 Å². The van der Waals surface area contributed by atoms with Crippen LogP contribution in [0, 0.1) is 0 Å². The minimum atomic E-state index is 0.466. The zero-order valence-corrected chi connectivity index (χ0v) is 6.90. The average molecular weight is 164 g/mol. The van der Waals surface area contributed by atoms with E-state index in [0.717, 1.165) is 25.4 Å². The molecular formula is C10H12O2. The van der Waals surface area contributed by atoms with Crippen LogP contribution in [0.5, 0.6) is 5.75 Å². The highest BCUT2D eigenvalue weighted by atomic mass is 16.6. The summed E-state index contributed by atoms with van der Waals surface area (Å²) >= 11 is 0. The van der Waals surface area contributed by atoms with Crippen LogP contribution in [0.25, 0.3) is 0 Å². The standard InChI is InChI=1S/C10H12O2/c1-2-4-9(5-3-1)11-7-6-10-8-12-10/h1-5,10H,6-8H2/t10-/m0/s1. The summed E-state index contributed by atoms with van der Waals surface area (Å²) in [5, 5.41) is 0. The molecule has 0 bridgehead atoms. The molecule has 64 valence electrons. The van der Waals surface area contributed by atoms with E-state index in [4.69, 9.17) is 9.47 Å². The molecule has 1 aliphatic heterocycles. The molecule has 0 N–H and O–H groups in total. The van der Waals surface area contributed by atoms with Crippen molar-refractivity contribution in [2.45, 2.75) is 12.5 Å². The van der Waals surface area contributed by atoms with Gasteiger partial charge in [-0.05, 0) is 12.1 Å². The summed E-state index contributed by atoms with van der Waals surface area (Å²) in [6.07, 6.45) is 1.48. The lowest BCUT2D eigenvalue weighted by Gasteiger charge is -2.03. The van der Waals surface area contributed by atoms with Crippen molar-refractivity contribution >= 4 is 0 Å². The lowest BCUT2D eigenvalue weighted by molar-refractivity contribution is 0.283. The summed E-state index contributed by atoms with van der Waals surface area (Å²) < 4.78 is 10.5. The van der Waals surface area contributed by atoms with E-state index in [9.17, 15) is 0 Å². The van der Waals surface area contributed by atoms with Crippen LogP contribution in [-0.2, 0) is 4.74 Å². The Kier molecular flexibility index (Phi) is 2.28. The fourth-order valence-corrected chi connectivity index (χ4v) is 1.06. The molecule has 1 aromatic carbocycles. The van der Waals surface area contributed by atoms with Crippen molar-refractivity contribution < 1.29 is 9.47 Å². The first-order valence-corrected chi connectivity index (χ1v) is 4.24. The van der Waals surface area contributed by atoms with Crippen LogP contribution in [0.4, 0.5) is 0 Å². The number of ether oxygens (including phenoxy) is 2. The molecule has 1 saturated heterocycles. The molecule has 2 rings (SSSR count). The summed E-state index contributed by atoms with van der Waals surface area (Å²) in [4.78, 5) is 0. The van der Waals surface area contributed by atoms with E-state index < -0.39 is 0 Å². The van der Waals surface area contributed by atoms with Gasteiger partial charge in [0.15, 0.2) is 0 Å². The van der Waals surface area contributed by atoms with Crippen molar-refractivity contribution in [3.8, 4) is 5.75 Å². The van der Waals surface area contributed by atoms with Gasteiger partial charge in [0.2, 0.25) is 0 Å². The predicted octanol–water partition coefficient (Wildman–Crippen LogP) is 1.85. The van der Waals surface area contributed by atoms with Crippen LogP contribution in [-0.4, -0.2) is 19.3 Å². The van der Waals surface area contributed by atoms with Crippen molar-refractivity contribution in [1.29, 1.82) is 0 Å². The Hall–Kier alpha value is -1.02. The van der Waals surface area contributed by atoms with E-state index in [-0.39, 0.29) is 0 Å². The molecule has 1 fully saturated rings. The third-order valence-corrected chi connectivity index (χ3v) is 1.85. The number of hydrogen-bond acceptors (Lipinski definition) is 2. The maximum Gasteiger partial charge on any atom is 0.119 e. The van der Waals surface area contributed by atoms with E-state index in [1.54, 1.807) is 0 Å². The molecule has 0 unspecified atom stereocenters. The molecule has 0 aliphatic carbocycles. The van der Waals surface area contributed by atoms with E-state index in [0.29, 0.717) is 6.10 Å². The summed E-state index contributed by atoms with van der Waals surface area (Å²) in [6, 6.07) is 9.87. The Balaban J connectivity index is 1.72. The maximum absolute atomic E-state index is 5.48. The maximum atomic E-state index is 5.48. The van der Waals surface area contributed by atoms with Crippen LogP contribution in [0.2, 0.25) is 0 Å². The average Bonchev–Trinajstić information content (AvgIpc) is 2.90. The Morgan fingerprint density at radius 1 is 1.33 bits per heavy atom. The zero-order chi connectivity index (χ0) is 8.23. The Bertz CT molecular complexity index is 229. The summed E-state index contributed by atoms with van der Waals surface area (Å²) in [5.74, 6) is 0.943. The van der Waals surface area contributed by atoms with Gasteiger partial charge in [0.25, 0.3) is 0 Å². The number of rotatable bonds is 4. The monoisotopic (exact) mass is 164 g/mol.